The van der Waals surface area contributed by atoms with Crippen LogP contribution in [0.2, 0.25) is 0 Å². The highest BCUT2D eigenvalue weighted by Crippen LogP contribution is 2.46. The summed E-state index contributed by atoms with van der Waals surface area (Å²) in [5, 5.41) is 20.1. The molecule has 18 nitrogen and oxygen atoms in total. The van der Waals surface area contributed by atoms with Crippen LogP contribution in [-0.2, 0) is 37.3 Å². The minimum absolute atomic E-state index is 0.0146. The fourth-order valence-corrected chi connectivity index (χ4v) is 13.2. The number of aryl methyl sites for hydroxylation is 2. The lowest BCUT2D eigenvalue weighted by atomic mass is 9.90. The first-order valence-corrected chi connectivity index (χ1v) is 26.1. The molecular weight excluding hydrogens is 967 g/mol. The van der Waals surface area contributed by atoms with E-state index in [4.69, 9.17) is 45.4 Å². The normalized spacial score (nSPS) is 24.5. The standard InChI is InChI=1S/C55H56F2N10O8/c1-3-36-40(56)11-6-31-22-35(68)24-39(44(31)36)48-46(57)49-45-41(58-48)12-8-33-25-72-20-5-17-66(33)50(45)61-52(60-49)74-30-54-15-4-18-67(54)34(14-16-54)26-73-53(71)64-19-21-75-55(27-64)28-65(29-55)32-7-9-37-42(23-32)63(2)62-47(37)38-10-13-43(69)59-51(38)70/h1,6-7,9,11,22-24,33-34,38,68H,4-5,8,10,12-21,25-30H2,2H3,(H,59,69,70)/t33-,34-,38?,54-/m0/s1. The number of halogens is 2. The number of phenolic OH excluding ortho intramolecular Hbond substituents is 1. The van der Waals surface area contributed by atoms with Gasteiger partial charge in [0.05, 0.1) is 78.2 Å². The third-order valence-electron chi connectivity index (χ3n) is 16.9. The molecule has 0 saturated carbocycles. The number of benzene rings is 3. The van der Waals surface area contributed by atoms with Crippen molar-refractivity contribution in [3.63, 3.8) is 0 Å². The number of amides is 3. The Morgan fingerprint density at radius 3 is 2.71 bits per heavy atom. The van der Waals surface area contributed by atoms with E-state index >= 15 is 8.78 Å². The fraction of sp³-hybridized carbons (Fsp3) is 0.473. The van der Waals surface area contributed by atoms with Gasteiger partial charge in [0, 0.05) is 61.2 Å². The molecule has 6 aromatic rings. The van der Waals surface area contributed by atoms with Crippen LogP contribution in [0, 0.1) is 24.0 Å². The molecule has 1 spiro atoms. The minimum atomic E-state index is -0.763. The maximum Gasteiger partial charge on any atom is 0.409 e. The lowest BCUT2D eigenvalue weighted by Crippen LogP contribution is -2.71. The molecule has 0 bridgehead atoms. The Bertz CT molecular complexity index is 3410. The first-order chi connectivity index (χ1) is 36.4. The number of nitrogens with zero attached hydrogens (tertiary/aromatic N) is 9. The summed E-state index contributed by atoms with van der Waals surface area (Å²) in [4.78, 5) is 61.6. The van der Waals surface area contributed by atoms with E-state index in [2.05, 4.69) is 32.0 Å². The number of rotatable bonds is 8. The largest absolute Gasteiger partial charge is 0.508 e. The van der Waals surface area contributed by atoms with Crippen molar-refractivity contribution in [3.05, 3.63) is 71.1 Å². The lowest BCUT2D eigenvalue weighted by molar-refractivity contribution is -0.134. The number of imide groups is 1. The predicted molar refractivity (Wildman–Crippen MR) is 272 cm³/mol. The first-order valence-electron chi connectivity index (χ1n) is 26.1. The number of hydrogen-bond donors (Lipinski definition) is 2. The van der Waals surface area contributed by atoms with Gasteiger partial charge in [-0.15, -0.1) is 6.42 Å². The maximum absolute atomic E-state index is 17.5. The summed E-state index contributed by atoms with van der Waals surface area (Å²) in [6, 6.07) is 11.5. The van der Waals surface area contributed by atoms with E-state index in [0.29, 0.717) is 99.8 Å². The van der Waals surface area contributed by atoms with Gasteiger partial charge in [0.1, 0.15) is 47.4 Å². The van der Waals surface area contributed by atoms with Gasteiger partial charge in [-0.1, -0.05) is 12.0 Å². The fourth-order valence-electron chi connectivity index (χ4n) is 13.2. The zero-order valence-electron chi connectivity index (χ0n) is 41.6. The Hall–Kier alpha value is -7.21. The van der Waals surface area contributed by atoms with Crippen LogP contribution in [0.5, 0.6) is 11.8 Å². The Morgan fingerprint density at radius 1 is 0.973 bits per heavy atom. The molecule has 3 amide bonds. The van der Waals surface area contributed by atoms with Crippen molar-refractivity contribution < 1.29 is 47.2 Å². The molecule has 3 aromatic carbocycles. The highest BCUT2D eigenvalue weighted by atomic mass is 19.1. The van der Waals surface area contributed by atoms with Crippen LogP contribution in [0.3, 0.4) is 0 Å². The second-order valence-corrected chi connectivity index (χ2v) is 21.3. The quantitative estimate of drug-likeness (QED) is 0.136. The molecule has 13 rings (SSSR count). The van der Waals surface area contributed by atoms with Crippen molar-refractivity contribution in [2.75, 3.05) is 82.1 Å². The summed E-state index contributed by atoms with van der Waals surface area (Å²) in [7, 11) is 1.85. The molecule has 7 aliphatic rings. The number of carbonyl (C=O) groups is 3. The van der Waals surface area contributed by atoms with Crippen molar-refractivity contribution in [3.8, 4) is 35.4 Å². The molecule has 75 heavy (non-hydrogen) atoms. The Labute approximate surface area is 430 Å². The van der Waals surface area contributed by atoms with Crippen LogP contribution in [-0.4, -0.2) is 153 Å². The summed E-state index contributed by atoms with van der Waals surface area (Å²) in [6.07, 6.45) is 11.4. The van der Waals surface area contributed by atoms with E-state index in [1.54, 1.807) is 9.58 Å². The Balaban J connectivity index is 0.704. The monoisotopic (exact) mass is 1020 g/mol. The number of nitrogens with one attached hydrogen (secondary N) is 1. The minimum Gasteiger partial charge on any atom is -0.508 e. The van der Waals surface area contributed by atoms with Gasteiger partial charge in [0.15, 0.2) is 5.82 Å². The van der Waals surface area contributed by atoms with E-state index in [-0.39, 0.29) is 94.6 Å². The van der Waals surface area contributed by atoms with Gasteiger partial charge in [-0.05, 0) is 99.7 Å². The van der Waals surface area contributed by atoms with Crippen molar-refractivity contribution in [2.24, 2.45) is 7.05 Å². The molecule has 4 atom stereocenters. The summed E-state index contributed by atoms with van der Waals surface area (Å²) in [6.45, 7) is 5.32. The SMILES string of the molecule is C#Cc1c(F)ccc2cc(O)cc(-c3nc4c5c(nc(OC[C@@]67CCCN6[C@H](COC(=O)N6CCOC8(C6)CN(c6ccc9c(C%10CCC(=O)NC%10=O)nn(C)c9c6)C8)CC7)nc5c3F)N3CCCOC[C@@H]3CC4)c12. The van der Waals surface area contributed by atoms with Crippen molar-refractivity contribution in [1.29, 1.82) is 0 Å². The molecule has 0 aliphatic carbocycles. The number of pyridine rings is 1. The molecular formula is C55H56F2N10O8. The molecule has 388 valence electrons. The topological polar surface area (TPSA) is 190 Å². The summed E-state index contributed by atoms with van der Waals surface area (Å²) in [5.41, 5.74) is 2.19. The van der Waals surface area contributed by atoms with E-state index in [0.717, 1.165) is 55.2 Å². The number of terminal acetylenes is 1. The highest BCUT2D eigenvalue weighted by Gasteiger charge is 2.52. The van der Waals surface area contributed by atoms with Gasteiger partial charge in [-0.2, -0.15) is 15.1 Å². The number of carbonyl (C=O) groups excluding carboxylic acids is 3. The number of aromatic nitrogens is 5. The number of hydrogen-bond acceptors (Lipinski definition) is 15. The summed E-state index contributed by atoms with van der Waals surface area (Å²) in [5.74, 6) is 0.332. The molecule has 0 radical (unpaired) electrons. The van der Waals surface area contributed by atoms with Crippen LogP contribution in [0.4, 0.5) is 25.1 Å². The third-order valence-corrected chi connectivity index (χ3v) is 16.9. The molecule has 20 heteroatoms. The average molecular weight is 1020 g/mol. The number of fused-ring (bicyclic) bond motifs is 5. The Kier molecular flexibility index (Phi) is 11.6. The first kappa shape index (κ1) is 47.5. The van der Waals surface area contributed by atoms with Crippen molar-refractivity contribution >= 4 is 62.0 Å². The van der Waals surface area contributed by atoms with Gasteiger partial charge in [0.25, 0.3) is 0 Å². The third kappa shape index (κ3) is 8.04. The van der Waals surface area contributed by atoms with Crippen molar-refractivity contribution in [1.82, 2.24) is 39.8 Å². The average Bonchev–Trinajstić information content (AvgIpc) is 3.99. The zero-order valence-corrected chi connectivity index (χ0v) is 41.6. The zero-order chi connectivity index (χ0) is 51.3. The molecule has 1 unspecified atom stereocenters. The van der Waals surface area contributed by atoms with E-state index in [1.165, 1.54) is 24.3 Å². The number of anilines is 2. The smallest absolute Gasteiger partial charge is 0.409 e. The number of phenols is 1. The number of morpholine rings is 1. The van der Waals surface area contributed by atoms with E-state index in [9.17, 15) is 19.5 Å². The summed E-state index contributed by atoms with van der Waals surface area (Å²) < 4.78 is 59.6. The second-order valence-electron chi connectivity index (χ2n) is 21.3. The predicted octanol–water partition coefficient (Wildman–Crippen LogP) is 5.86. The van der Waals surface area contributed by atoms with Crippen LogP contribution >= 0.6 is 0 Å². The molecule has 3 aromatic heterocycles. The number of aromatic hydroxyl groups is 1. The van der Waals surface area contributed by atoms with Gasteiger partial charge in [-0.3, -0.25) is 24.5 Å². The van der Waals surface area contributed by atoms with E-state index < -0.39 is 23.2 Å². The van der Waals surface area contributed by atoms with Gasteiger partial charge in [0.2, 0.25) is 11.8 Å². The number of piperidine rings is 1. The van der Waals surface area contributed by atoms with Crippen molar-refractivity contribution in [2.45, 2.75) is 86.9 Å². The molecule has 10 heterocycles. The van der Waals surface area contributed by atoms with Crippen LogP contribution in [0.25, 0.3) is 43.8 Å². The maximum atomic E-state index is 17.5. The summed E-state index contributed by atoms with van der Waals surface area (Å²) >= 11 is 0. The second kappa shape index (κ2) is 18.3. The van der Waals surface area contributed by atoms with Crippen LogP contribution < -0.4 is 19.9 Å². The van der Waals surface area contributed by atoms with Gasteiger partial charge < -0.3 is 38.8 Å². The molecule has 7 aliphatic heterocycles. The Morgan fingerprint density at radius 2 is 1.85 bits per heavy atom. The molecule has 2 N–H and O–H groups in total. The van der Waals surface area contributed by atoms with E-state index in [1.807, 2.05) is 19.2 Å². The van der Waals surface area contributed by atoms with Crippen LogP contribution in [0.1, 0.15) is 74.2 Å². The number of ether oxygens (including phenoxy) is 4. The van der Waals surface area contributed by atoms with Gasteiger partial charge >= 0.3 is 12.1 Å². The lowest BCUT2D eigenvalue weighted by Gasteiger charge is -2.54. The van der Waals surface area contributed by atoms with Crippen LogP contribution in [0.15, 0.2) is 42.5 Å². The highest BCUT2D eigenvalue weighted by molar-refractivity contribution is 6.04. The van der Waals surface area contributed by atoms with Gasteiger partial charge in [-0.25, -0.2) is 18.6 Å². The molecule has 6 fully saturated rings. The molecule has 6 saturated heterocycles.